The van der Waals surface area contributed by atoms with Gasteiger partial charge in [-0.25, -0.2) is 8.42 Å². The van der Waals surface area contributed by atoms with Crippen molar-refractivity contribution in [2.24, 2.45) is 7.05 Å². The summed E-state index contributed by atoms with van der Waals surface area (Å²) in [6.07, 6.45) is 1.39. The Balaban J connectivity index is 1.93. The Labute approximate surface area is 167 Å². The number of sulfonamides is 1. The van der Waals surface area contributed by atoms with Crippen LogP contribution in [-0.4, -0.2) is 31.2 Å². The molecule has 0 spiro atoms. The fourth-order valence-corrected chi connectivity index (χ4v) is 5.20. The predicted octanol–water partition coefficient (Wildman–Crippen LogP) is 2.78. The number of nitrogens with zero attached hydrogens (tertiary/aromatic N) is 2. The summed E-state index contributed by atoms with van der Waals surface area (Å²) < 4.78 is 28.3. The van der Waals surface area contributed by atoms with E-state index in [4.69, 9.17) is 0 Å². The number of fused-ring (bicyclic) bond motifs is 1. The van der Waals surface area contributed by atoms with Crippen LogP contribution < -0.4 is 14.5 Å². The van der Waals surface area contributed by atoms with E-state index in [1.807, 2.05) is 0 Å². The van der Waals surface area contributed by atoms with Gasteiger partial charge in [0, 0.05) is 12.7 Å². The number of carbonyl (C=O) groups is 1. The number of hydrogen-bond acceptors (Lipinski definition) is 5. The Bertz CT molecular complexity index is 1170. The highest BCUT2D eigenvalue weighted by Gasteiger charge is 2.31. The minimum absolute atomic E-state index is 0.0859. The first-order valence-electron chi connectivity index (χ1n) is 8.67. The summed E-state index contributed by atoms with van der Waals surface area (Å²) in [5.74, 6) is -0.431. The molecule has 0 bridgehead atoms. The SMILES string of the molecule is CC[C@@H](C(=O)Nc1ccc2c(c1)sc(=O)n2C)N(c1ccccc1)S(C)(=O)=O. The zero-order chi connectivity index (χ0) is 20.5. The van der Waals surface area contributed by atoms with E-state index in [9.17, 15) is 18.0 Å². The van der Waals surface area contributed by atoms with Crippen molar-refractivity contribution >= 4 is 48.9 Å². The lowest BCUT2D eigenvalue weighted by Gasteiger charge is -2.30. The van der Waals surface area contributed by atoms with Crippen LogP contribution in [-0.2, 0) is 21.9 Å². The first-order chi connectivity index (χ1) is 13.2. The van der Waals surface area contributed by atoms with Crippen LogP contribution in [0, 0.1) is 0 Å². The first kappa shape index (κ1) is 20.1. The number of nitrogens with one attached hydrogen (secondary N) is 1. The molecule has 1 N–H and O–H groups in total. The van der Waals surface area contributed by atoms with Crippen LogP contribution in [0.1, 0.15) is 13.3 Å². The molecule has 1 atom stereocenters. The van der Waals surface area contributed by atoms with Gasteiger partial charge >= 0.3 is 4.87 Å². The van der Waals surface area contributed by atoms with Crippen molar-refractivity contribution in [3.8, 4) is 0 Å². The van der Waals surface area contributed by atoms with Gasteiger partial charge in [-0.2, -0.15) is 0 Å². The smallest absolute Gasteiger partial charge is 0.307 e. The molecule has 0 aliphatic rings. The Hall–Kier alpha value is -2.65. The maximum atomic E-state index is 12.9. The fourth-order valence-electron chi connectivity index (χ4n) is 3.07. The Morgan fingerprint density at radius 2 is 1.89 bits per heavy atom. The molecule has 9 heteroatoms. The number of carbonyl (C=O) groups excluding carboxylic acids is 1. The summed E-state index contributed by atoms with van der Waals surface area (Å²) in [7, 11) is -1.98. The molecular formula is C19H21N3O4S2. The van der Waals surface area contributed by atoms with E-state index in [1.165, 1.54) is 0 Å². The molecule has 2 aromatic carbocycles. The number of amides is 1. The van der Waals surface area contributed by atoms with Gasteiger partial charge in [0.25, 0.3) is 0 Å². The van der Waals surface area contributed by atoms with Gasteiger partial charge < -0.3 is 9.88 Å². The van der Waals surface area contributed by atoms with Gasteiger partial charge in [0.15, 0.2) is 0 Å². The number of rotatable bonds is 6. The Morgan fingerprint density at radius 3 is 2.50 bits per heavy atom. The summed E-state index contributed by atoms with van der Waals surface area (Å²) in [4.78, 5) is 24.7. The van der Waals surface area contributed by atoms with E-state index < -0.39 is 22.0 Å². The van der Waals surface area contributed by atoms with Crippen LogP contribution in [0.3, 0.4) is 0 Å². The monoisotopic (exact) mass is 419 g/mol. The average molecular weight is 420 g/mol. The second-order valence-corrected chi connectivity index (χ2v) is 9.27. The number of thiazole rings is 1. The van der Waals surface area contributed by atoms with Gasteiger partial charge in [0.05, 0.1) is 22.2 Å². The van der Waals surface area contributed by atoms with Gasteiger partial charge in [-0.3, -0.25) is 13.9 Å². The van der Waals surface area contributed by atoms with Crippen molar-refractivity contribution in [3.05, 3.63) is 58.2 Å². The Kier molecular flexibility index (Phi) is 5.57. The summed E-state index contributed by atoms with van der Waals surface area (Å²) in [5, 5.41) is 2.79. The molecule has 1 aromatic heterocycles. The molecule has 148 valence electrons. The molecule has 0 saturated carbocycles. The highest BCUT2D eigenvalue weighted by molar-refractivity contribution is 7.92. The minimum Gasteiger partial charge on any atom is -0.324 e. The van der Waals surface area contributed by atoms with E-state index in [-0.39, 0.29) is 4.87 Å². The fraction of sp³-hybridized carbons (Fsp3) is 0.263. The third kappa shape index (κ3) is 3.95. The summed E-state index contributed by atoms with van der Waals surface area (Å²) in [6.45, 7) is 1.76. The third-order valence-electron chi connectivity index (χ3n) is 4.40. The maximum absolute atomic E-state index is 12.9. The van der Waals surface area contributed by atoms with Crippen LogP contribution in [0.25, 0.3) is 10.2 Å². The van der Waals surface area contributed by atoms with Crippen LogP contribution in [0.15, 0.2) is 53.3 Å². The summed E-state index contributed by atoms with van der Waals surface area (Å²) >= 11 is 1.09. The lowest BCUT2D eigenvalue weighted by atomic mass is 10.1. The third-order valence-corrected chi connectivity index (χ3v) is 6.58. The second-order valence-electron chi connectivity index (χ2n) is 6.42. The molecular weight excluding hydrogens is 398 g/mol. The number of aromatic nitrogens is 1. The van der Waals surface area contributed by atoms with Crippen molar-refractivity contribution in [1.29, 1.82) is 0 Å². The van der Waals surface area contributed by atoms with Crippen LogP contribution in [0.4, 0.5) is 11.4 Å². The molecule has 3 aromatic rings. The molecule has 0 fully saturated rings. The molecule has 1 heterocycles. The van der Waals surface area contributed by atoms with Gasteiger partial charge in [0.2, 0.25) is 15.9 Å². The van der Waals surface area contributed by atoms with Gasteiger partial charge in [-0.1, -0.05) is 36.5 Å². The van der Waals surface area contributed by atoms with Crippen LogP contribution >= 0.6 is 11.3 Å². The molecule has 0 aliphatic carbocycles. The largest absolute Gasteiger partial charge is 0.324 e. The van der Waals surface area contributed by atoms with E-state index in [1.54, 1.807) is 67.1 Å². The van der Waals surface area contributed by atoms with Gasteiger partial charge in [-0.15, -0.1) is 0 Å². The summed E-state index contributed by atoms with van der Waals surface area (Å²) in [6, 6.07) is 12.8. The molecule has 0 aliphatic heterocycles. The van der Waals surface area contributed by atoms with Crippen LogP contribution in [0.2, 0.25) is 0 Å². The number of benzene rings is 2. The standard InChI is InChI=1S/C19H21N3O4S2/c1-4-15(22(28(3,25)26)14-8-6-5-7-9-14)18(23)20-13-10-11-16-17(12-13)27-19(24)21(16)2/h5-12,15H,4H2,1-3H3,(H,20,23)/t15-/m0/s1. The van der Waals surface area contributed by atoms with Crippen molar-refractivity contribution in [2.75, 3.05) is 15.9 Å². The topological polar surface area (TPSA) is 88.5 Å². The molecule has 0 saturated heterocycles. The maximum Gasteiger partial charge on any atom is 0.307 e. The molecule has 7 nitrogen and oxygen atoms in total. The van der Waals surface area contributed by atoms with Gasteiger partial charge in [-0.05, 0) is 36.8 Å². The zero-order valence-corrected chi connectivity index (χ0v) is 17.4. The summed E-state index contributed by atoms with van der Waals surface area (Å²) in [5.41, 5.74) is 1.73. The average Bonchev–Trinajstić information content (AvgIpc) is 2.92. The number of anilines is 2. The quantitative estimate of drug-likeness (QED) is 0.665. The molecule has 0 radical (unpaired) electrons. The van der Waals surface area contributed by atoms with Crippen molar-refractivity contribution in [3.63, 3.8) is 0 Å². The molecule has 0 unspecified atom stereocenters. The van der Waals surface area contributed by atoms with Crippen molar-refractivity contribution < 1.29 is 13.2 Å². The molecule has 28 heavy (non-hydrogen) atoms. The van der Waals surface area contributed by atoms with E-state index in [2.05, 4.69) is 5.32 Å². The number of aryl methyl sites for hydroxylation is 1. The van der Waals surface area contributed by atoms with Crippen molar-refractivity contribution in [2.45, 2.75) is 19.4 Å². The minimum atomic E-state index is -3.67. The van der Waals surface area contributed by atoms with E-state index in [0.717, 1.165) is 32.1 Å². The lowest BCUT2D eigenvalue weighted by Crippen LogP contribution is -2.46. The second kappa shape index (κ2) is 7.76. The lowest BCUT2D eigenvalue weighted by molar-refractivity contribution is -0.117. The molecule has 1 amide bonds. The van der Waals surface area contributed by atoms with E-state index in [0.29, 0.717) is 17.8 Å². The number of hydrogen-bond donors (Lipinski definition) is 1. The highest BCUT2D eigenvalue weighted by Crippen LogP contribution is 2.25. The number of para-hydroxylation sites is 1. The molecule has 3 rings (SSSR count). The highest BCUT2D eigenvalue weighted by atomic mass is 32.2. The Morgan fingerprint density at radius 1 is 1.21 bits per heavy atom. The van der Waals surface area contributed by atoms with Crippen LogP contribution in [0.5, 0.6) is 0 Å². The normalized spacial score (nSPS) is 12.7. The first-order valence-corrected chi connectivity index (χ1v) is 11.3. The van der Waals surface area contributed by atoms with Crippen molar-refractivity contribution in [1.82, 2.24) is 4.57 Å². The predicted molar refractivity (Wildman–Crippen MR) is 114 cm³/mol. The van der Waals surface area contributed by atoms with E-state index >= 15 is 0 Å². The zero-order valence-electron chi connectivity index (χ0n) is 15.7. The van der Waals surface area contributed by atoms with Gasteiger partial charge in [0.1, 0.15) is 6.04 Å².